The van der Waals surface area contributed by atoms with Gasteiger partial charge in [0.1, 0.15) is 5.75 Å². The summed E-state index contributed by atoms with van der Waals surface area (Å²) < 4.78 is 38.7. The third-order valence-corrected chi connectivity index (χ3v) is 8.36. The zero-order valence-electron chi connectivity index (χ0n) is 19.6. The highest BCUT2D eigenvalue weighted by Gasteiger charge is 2.48. The standard InChI is InChI=1S/C22H30N2O2S.C2H6O3S/c1-25-18-7-15-27-19(18)16-23-13-10-21(20-6-2-5-12-24-20)11-14-26-22(17-21)8-3-4-9-22;1-2-6(3,4)5/h2,5-7,12,15,23H,3-4,8-11,13-14,16-17H2,1H3;2H2,1H3,(H,3,4,5)/t21-;/m1./s1. The molecule has 2 aliphatic rings. The van der Waals surface area contributed by atoms with Crippen molar-refractivity contribution in [2.75, 3.05) is 26.0 Å². The summed E-state index contributed by atoms with van der Waals surface area (Å²) in [7, 11) is -1.92. The first kappa shape index (κ1) is 26.1. The summed E-state index contributed by atoms with van der Waals surface area (Å²) in [5.41, 5.74) is 1.46. The maximum absolute atomic E-state index is 9.56. The normalized spacial score (nSPS) is 22.0. The summed E-state index contributed by atoms with van der Waals surface area (Å²) >= 11 is 1.75. The van der Waals surface area contributed by atoms with Crippen LogP contribution in [-0.4, -0.2) is 49.6 Å². The molecule has 1 spiro atoms. The molecule has 2 aromatic rings. The molecule has 33 heavy (non-hydrogen) atoms. The molecule has 2 N–H and O–H groups in total. The van der Waals surface area contributed by atoms with Gasteiger partial charge >= 0.3 is 0 Å². The lowest BCUT2D eigenvalue weighted by molar-refractivity contribution is -0.104. The summed E-state index contributed by atoms with van der Waals surface area (Å²) in [4.78, 5) is 6.05. The second kappa shape index (κ2) is 11.8. The van der Waals surface area contributed by atoms with Crippen molar-refractivity contribution >= 4 is 21.5 Å². The Labute approximate surface area is 201 Å². The lowest BCUT2D eigenvalue weighted by Crippen LogP contribution is -2.47. The van der Waals surface area contributed by atoms with E-state index < -0.39 is 10.1 Å². The van der Waals surface area contributed by atoms with E-state index >= 15 is 0 Å². The first-order valence-electron chi connectivity index (χ1n) is 11.6. The fourth-order valence-corrected chi connectivity index (χ4v) is 5.77. The Morgan fingerprint density at radius 1 is 1.24 bits per heavy atom. The van der Waals surface area contributed by atoms with Gasteiger partial charge in [0, 0.05) is 30.5 Å². The molecule has 4 rings (SSSR count). The maximum Gasteiger partial charge on any atom is 0.264 e. The molecule has 3 heterocycles. The van der Waals surface area contributed by atoms with E-state index in [4.69, 9.17) is 19.0 Å². The van der Waals surface area contributed by atoms with E-state index in [-0.39, 0.29) is 16.8 Å². The monoisotopic (exact) mass is 496 g/mol. The van der Waals surface area contributed by atoms with Crippen LogP contribution < -0.4 is 10.1 Å². The van der Waals surface area contributed by atoms with E-state index in [1.807, 2.05) is 18.3 Å². The van der Waals surface area contributed by atoms with Gasteiger partial charge in [0.15, 0.2) is 0 Å². The quantitative estimate of drug-likeness (QED) is 0.407. The van der Waals surface area contributed by atoms with Crippen molar-refractivity contribution in [2.24, 2.45) is 0 Å². The van der Waals surface area contributed by atoms with Gasteiger partial charge in [0.05, 0.1) is 23.3 Å². The molecule has 0 aromatic carbocycles. The molecule has 1 aliphatic heterocycles. The van der Waals surface area contributed by atoms with Gasteiger partial charge in [-0.3, -0.25) is 9.54 Å². The van der Waals surface area contributed by atoms with Gasteiger partial charge in [0.25, 0.3) is 10.1 Å². The number of aromatic nitrogens is 1. The van der Waals surface area contributed by atoms with Crippen LogP contribution in [0.4, 0.5) is 0 Å². The Morgan fingerprint density at radius 3 is 2.64 bits per heavy atom. The summed E-state index contributed by atoms with van der Waals surface area (Å²) in [6.45, 7) is 4.07. The Kier molecular flexibility index (Phi) is 9.29. The van der Waals surface area contributed by atoms with Crippen LogP contribution in [0.1, 0.15) is 62.4 Å². The largest absolute Gasteiger partial charge is 0.496 e. The van der Waals surface area contributed by atoms with Crippen LogP contribution in [0, 0.1) is 0 Å². The van der Waals surface area contributed by atoms with Crippen LogP contribution in [-0.2, 0) is 26.8 Å². The second-order valence-corrected chi connectivity index (χ2v) is 11.6. The molecule has 2 fully saturated rings. The number of hydrogen-bond acceptors (Lipinski definition) is 7. The van der Waals surface area contributed by atoms with Crippen molar-refractivity contribution in [2.45, 2.75) is 69.4 Å². The van der Waals surface area contributed by atoms with Crippen molar-refractivity contribution in [1.82, 2.24) is 10.3 Å². The zero-order valence-corrected chi connectivity index (χ0v) is 21.2. The van der Waals surface area contributed by atoms with E-state index in [0.717, 1.165) is 44.7 Å². The van der Waals surface area contributed by atoms with E-state index in [2.05, 4.69) is 22.8 Å². The van der Waals surface area contributed by atoms with Gasteiger partial charge in [-0.2, -0.15) is 8.42 Å². The van der Waals surface area contributed by atoms with Gasteiger partial charge in [-0.1, -0.05) is 18.9 Å². The van der Waals surface area contributed by atoms with Gasteiger partial charge in [0.2, 0.25) is 0 Å². The smallest absolute Gasteiger partial charge is 0.264 e. The molecule has 0 bridgehead atoms. The molecule has 9 heteroatoms. The predicted molar refractivity (Wildman–Crippen MR) is 132 cm³/mol. The van der Waals surface area contributed by atoms with Gasteiger partial charge in [-0.15, -0.1) is 11.3 Å². The number of rotatable bonds is 8. The summed E-state index contributed by atoms with van der Waals surface area (Å²) in [6.07, 6.45) is 10.2. The van der Waals surface area contributed by atoms with E-state index in [1.54, 1.807) is 18.4 Å². The number of hydrogen-bond donors (Lipinski definition) is 2. The summed E-state index contributed by atoms with van der Waals surface area (Å²) in [5, 5.41) is 5.74. The van der Waals surface area contributed by atoms with Gasteiger partial charge < -0.3 is 14.8 Å². The van der Waals surface area contributed by atoms with E-state index in [1.165, 1.54) is 43.2 Å². The molecule has 0 amide bonds. The summed E-state index contributed by atoms with van der Waals surface area (Å²) in [6, 6.07) is 8.41. The fourth-order valence-electron chi connectivity index (χ4n) is 4.97. The Hall–Kier alpha value is -1.52. The Balaban J connectivity index is 0.000000454. The fraction of sp³-hybridized carbons (Fsp3) is 0.625. The topological polar surface area (TPSA) is 97.8 Å². The number of nitrogens with zero attached hydrogens (tertiary/aromatic N) is 1. The van der Waals surface area contributed by atoms with Crippen LogP contribution in [0.3, 0.4) is 0 Å². The lowest BCUT2D eigenvalue weighted by atomic mass is 9.68. The molecule has 2 aromatic heterocycles. The van der Waals surface area contributed by atoms with Gasteiger partial charge in [-0.05, 0) is 69.2 Å². The summed E-state index contributed by atoms with van der Waals surface area (Å²) in [5.74, 6) is 0.787. The molecular weight excluding hydrogens is 460 g/mol. The number of nitrogens with one attached hydrogen (secondary N) is 1. The van der Waals surface area contributed by atoms with Gasteiger partial charge in [-0.25, -0.2) is 0 Å². The Bertz CT molecular complexity index is 958. The predicted octanol–water partition coefficient (Wildman–Crippen LogP) is 4.59. The van der Waals surface area contributed by atoms with Crippen molar-refractivity contribution in [1.29, 1.82) is 0 Å². The molecule has 184 valence electrons. The molecule has 7 nitrogen and oxygen atoms in total. The number of ether oxygens (including phenoxy) is 2. The van der Waals surface area contributed by atoms with Crippen molar-refractivity contribution in [3.8, 4) is 5.75 Å². The minimum absolute atomic E-state index is 0.0900. The average molecular weight is 497 g/mol. The van der Waals surface area contributed by atoms with E-state index in [0.29, 0.717) is 0 Å². The molecule has 1 aliphatic carbocycles. The molecule has 1 saturated carbocycles. The number of pyridine rings is 1. The van der Waals surface area contributed by atoms with Crippen molar-refractivity contribution < 1.29 is 22.4 Å². The third-order valence-electron chi connectivity index (χ3n) is 6.73. The molecule has 1 atom stereocenters. The minimum Gasteiger partial charge on any atom is -0.496 e. The molecular formula is C24H36N2O5S2. The SMILES string of the molecule is CCS(=O)(=O)O.COc1ccsc1CNCC[C@@]1(c2ccccn2)CCOC2(CCCC2)C1. The highest BCUT2D eigenvalue weighted by atomic mass is 32.2. The average Bonchev–Trinajstić information content (AvgIpc) is 3.46. The van der Waals surface area contributed by atoms with Crippen LogP contribution in [0.2, 0.25) is 0 Å². The maximum atomic E-state index is 9.56. The highest BCUT2D eigenvalue weighted by Crippen LogP contribution is 2.49. The third kappa shape index (κ3) is 7.23. The highest BCUT2D eigenvalue weighted by molar-refractivity contribution is 7.85. The first-order chi connectivity index (χ1) is 15.8. The molecule has 1 saturated heterocycles. The van der Waals surface area contributed by atoms with Crippen LogP contribution in [0.5, 0.6) is 5.75 Å². The number of methoxy groups -OCH3 is 1. The van der Waals surface area contributed by atoms with Crippen molar-refractivity contribution in [3.63, 3.8) is 0 Å². The van der Waals surface area contributed by atoms with Crippen LogP contribution >= 0.6 is 11.3 Å². The second-order valence-electron chi connectivity index (χ2n) is 8.87. The van der Waals surface area contributed by atoms with Crippen LogP contribution in [0.15, 0.2) is 35.8 Å². The zero-order chi connectivity index (χ0) is 23.8. The minimum atomic E-state index is -3.66. The van der Waals surface area contributed by atoms with Crippen LogP contribution in [0.25, 0.3) is 0 Å². The lowest BCUT2D eigenvalue weighted by Gasteiger charge is -2.46. The van der Waals surface area contributed by atoms with Crippen molar-refractivity contribution in [3.05, 3.63) is 46.4 Å². The molecule has 0 radical (unpaired) electrons. The van der Waals surface area contributed by atoms with E-state index in [9.17, 15) is 8.42 Å². The number of thiophene rings is 1. The Morgan fingerprint density at radius 2 is 2.00 bits per heavy atom. The first-order valence-corrected chi connectivity index (χ1v) is 14.1. The molecule has 0 unspecified atom stereocenters.